The summed E-state index contributed by atoms with van der Waals surface area (Å²) >= 11 is 5.12. The zero-order valence-corrected chi connectivity index (χ0v) is 19.9. The normalized spacial score (nSPS) is 10.2. The fourth-order valence-corrected chi connectivity index (χ4v) is 3.38. The van der Waals surface area contributed by atoms with Gasteiger partial charge in [-0.1, -0.05) is 48.5 Å². The third kappa shape index (κ3) is 7.90. The number of amides is 2. The van der Waals surface area contributed by atoms with Crippen LogP contribution in [0.15, 0.2) is 72.8 Å². The molecule has 34 heavy (non-hydrogen) atoms. The molecule has 8 heteroatoms. The Bertz CT molecular complexity index is 1130. The maximum Gasteiger partial charge on any atom is 0.276 e. The standard InChI is InChI=1S/C26H27N3O4S/c1-18-14-19(2)16-21(15-18)33-17-24(30)28-29-26(34)27-25(31)22-10-6-7-11-23(22)32-13-12-20-8-4-3-5-9-20/h3-11,14-16H,12-13,17H2,1-2H3,(H,28,30)(H2,27,29,31,34). The van der Waals surface area contributed by atoms with Gasteiger partial charge in [-0.2, -0.15) is 0 Å². The summed E-state index contributed by atoms with van der Waals surface area (Å²) < 4.78 is 11.3. The van der Waals surface area contributed by atoms with Gasteiger partial charge in [0, 0.05) is 6.42 Å². The molecule has 0 aliphatic heterocycles. The van der Waals surface area contributed by atoms with Crippen molar-refractivity contribution in [3.05, 3.63) is 95.1 Å². The Morgan fingerprint density at radius 3 is 2.26 bits per heavy atom. The van der Waals surface area contributed by atoms with Gasteiger partial charge in [-0.25, -0.2) is 0 Å². The van der Waals surface area contributed by atoms with Crippen molar-refractivity contribution in [2.24, 2.45) is 0 Å². The number of hydrogen-bond donors (Lipinski definition) is 3. The van der Waals surface area contributed by atoms with Gasteiger partial charge in [-0.3, -0.25) is 25.8 Å². The summed E-state index contributed by atoms with van der Waals surface area (Å²) in [5.41, 5.74) is 8.48. The number of nitrogens with one attached hydrogen (secondary N) is 3. The second-order valence-electron chi connectivity index (χ2n) is 7.65. The summed E-state index contributed by atoms with van der Waals surface area (Å²) in [6.45, 7) is 4.13. The summed E-state index contributed by atoms with van der Waals surface area (Å²) in [5, 5.41) is 2.48. The zero-order valence-electron chi connectivity index (χ0n) is 19.1. The van der Waals surface area contributed by atoms with Gasteiger partial charge in [0.05, 0.1) is 12.2 Å². The molecule has 0 aliphatic rings. The van der Waals surface area contributed by atoms with E-state index < -0.39 is 11.8 Å². The number of carbonyl (C=O) groups excluding carboxylic acids is 2. The lowest BCUT2D eigenvalue weighted by Gasteiger charge is -2.14. The van der Waals surface area contributed by atoms with Crippen LogP contribution in [0.3, 0.4) is 0 Å². The second kappa shape index (κ2) is 12.4. The van der Waals surface area contributed by atoms with Crippen molar-refractivity contribution in [2.75, 3.05) is 13.2 Å². The molecular weight excluding hydrogens is 450 g/mol. The van der Waals surface area contributed by atoms with Crippen LogP contribution in [0.1, 0.15) is 27.0 Å². The Morgan fingerprint density at radius 2 is 1.53 bits per heavy atom. The van der Waals surface area contributed by atoms with E-state index in [4.69, 9.17) is 21.7 Å². The molecule has 0 unspecified atom stereocenters. The largest absolute Gasteiger partial charge is 0.492 e. The van der Waals surface area contributed by atoms with Gasteiger partial charge in [-0.05, 0) is 67.0 Å². The van der Waals surface area contributed by atoms with Gasteiger partial charge in [0.15, 0.2) is 11.7 Å². The summed E-state index contributed by atoms with van der Waals surface area (Å²) in [7, 11) is 0. The summed E-state index contributed by atoms with van der Waals surface area (Å²) in [4.78, 5) is 24.7. The SMILES string of the molecule is Cc1cc(C)cc(OCC(=O)NNC(=S)NC(=O)c2ccccc2OCCc2ccccc2)c1. The molecule has 176 valence electrons. The molecule has 0 bridgehead atoms. The highest BCUT2D eigenvalue weighted by molar-refractivity contribution is 7.80. The van der Waals surface area contributed by atoms with Crippen LogP contribution >= 0.6 is 12.2 Å². The first-order valence-corrected chi connectivity index (χ1v) is 11.2. The quantitative estimate of drug-likeness (QED) is 0.339. The molecule has 7 nitrogen and oxygen atoms in total. The highest BCUT2D eigenvalue weighted by Gasteiger charge is 2.14. The van der Waals surface area contributed by atoms with E-state index in [0.717, 1.165) is 16.7 Å². The molecule has 0 aromatic heterocycles. The fraction of sp³-hybridized carbons (Fsp3) is 0.192. The maximum atomic E-state index is 12.7. The summed E-state index contributed by atoms with van der Waals surface area (Å²) in [5.74, 6) is 0.158. The number of hydrogen-bond acceptors (Lipinski definition) is 5. The summed E-state index contributed by atoms with van der Waals surface area (Å²) in [6.07, 6.45) is 0.715. The van der Waals surface area contributed by atoms with Gasteiger partial charge in [0.25, 0.3) is 11.8 Å². The Kier molecular flexibility index (Phi) is 8.99. The Morgan fingerprint density at radius 1 is 0.853 bits per heavy atom. The molecule has 0 saturated heterocycles. The first-order valence-electron chi connectivity index (χ1n) is 10.8. The number of thiocarbonyl (C=S) groups is 1. The van der Waals surface area contributed by atoms with Gasteiger partial charge in [0.1, 0.15) is 11.5 Å². The lowest BCUT2D eigenvalue weighted by Crippen LogP contribution is -2.49. The van der Waals surface area contributed by atoms with Crippen molar-refractivity contribution in [3.8, 4) is 11.5 Å². The topological polar surface area (TPSA) is 88.7 Å². The zero-order chi connectivity index (χ0) is 24.3. The van der Waals surface area contributed by atoms with E-state index in [2.05, 4.69) is 16.2 Å². The van der Waals surface area contributed by atoms with Crippen LogP contribution in [0.4, 0.5) is 0 Å². The van der Waals surface area contributed by atoms with E-state index in [1.54, 1.807) is 24.3 Å². The average Bonchev–Trinajstić information content (AvgIpc) is 2.82. The van der Waals surface area contributed by atoms with Crippen LogP contribution < -0.4 is 25.6 Å². The number of hydrazine groups is 1. The van der Waals surface area contributed by atoms with Crippen LogP contribution in [0.5, 0.6) is 11.5 Å². The molecule has 3 rings (SSSR count). The Labute approximate surface area is 204 Å². The van der Waals surface area contributed by atoms with Crippen molar-refractivity contribution < 1.29 is 19.1 Å². The van der Waals surface area contributed by atoms with Crippen molar-refractivity contribution in [3.63, 3.8) is 0 Å². The highest BCUT2D eigenvalue weighted by atomic mass is 32.1. The predicted molar refractivity (Wildman–Crippen MR) is 135 cm³/mol. The molecule has 0 saturated carbocycles. The van der Waals surface area contributed by atoms with Crippen LogP contribution in [0.25, 0.3) is 0 Å². The molecule has 2 amide bonds. The van der Waals surface area contributed by atoms with Gasteiger partial charge < -0.3 is 9.47 Å². The van der Waals surface area contributed by atoms with E-state index in [1.807, 2.05) is 62.4 Å². The van der Waals surface area contributed by atoms with E-state index in [-0.39, 0.29) is 11.7 Å². The van der Waals surface area contributed by atoms with Crippen LogP contribution in [0.2, 0.25) is 0 Å². The monoisotopic (exact) mass is 477 g/mol. The smallest absolute Gasteiger partial charge is 0.276 e. The number of ether oxygens (including phenoxy) is 2. The lowest BCUT2D eigenvalue weighted by molar-refractivity contribution is -0.123. The first-order chi connectivity index (χ1) is 16.4. The van der Waals surface area contributed by atoms with E-state index in [0.29, 0.717) is 30.1 Å². The molecule has 3 aromatic rings. The Balaban J connectivity index is 1.44. The van der Waals surface area contributed by atoms with Crippen molar-refractivity contribution in [2.45, 2.75) is 20.3 Å². The number of benzene rings is 3. The predicted octanol–water partition coefficient (Wildman–Crippen LogP) is 3.64. The maximum absolute atomic E-state index is 12.7. The number of carbonyl (C=O) groups is 2. The molecule has 0 fully saturated rings. The van der Waals surface area contributed by atoms with Crippen LogP contribution in [0, 0.1) is 13.8 Å². The number of aryl methyl sites for hydroxylation is 2. The number of rotatable bonds is 8. The molecule has 0 radical (unpaired) electrons. The van der Waals surface area contributed by atoms with E-state index >= 15 is 0 Å². The minimum absolute atomic E-state index is 0.0520. The van der Waals surface area contributed by atoms with E-state index in [1.165, 1.54) is 0 Å². The third-order valence-electron chi connectivity index (χ3n) is 4.73. The first kappa shape index (κ1) is 24.7. The average molecular weight is 478 g/mol. The minimum atomic E-state index is -0.450. The second-order valence-corrected chi connectivity index (χ2v) is 8.06. The van der Waals surface area contributed by atoms with Gasteiger partial charge in [-0.15, -0.1) is 0 Å². The lowest BCUT2D eigenvalue weighted by atomic mass is 10.1. The molecule has 0 aliphatic carbocycles. The Hall–Kier alpha value is -3.91. The van der Waals surface area contributed by atoms with Crippen molar-refractivity contribution in [1.29, 1.82) is 0 Å². The highest BCUT2D eigenvalue weighted by Crippen LogP contribution is 2.18. The van der Waals surface area contributed by atoms with Crippen molar-refractivity contribution >= 4 is 29.1 Å². The van der Waals surface area contributed by atoms with Gasteiger partial charge in [0.2, 0.25) is 0 Å². The molecule has 0 spiro atoms. The molecule has 3 N–H and O–H groups in total. The molecule has 0 atom stereocenters. The summed E-state index contributed by atoms with van der Waals surface area (Å²) in [6, 6.07) is 22.6. The molecule has 3 aromatic carbocycles. The fourth-order valence-electron chi connectivity index (χ4n) is 3.23. The third-order valence-corrected chi connectivity index (χ3v) is 4.93. The molecule has 0 heterocycles. The van der Waals surface area contributed by atoms with Crippen molar-refractivity contribution in [1.82, 2.24) is 16.2 Å². The van der Waals surface area contributed by atoms with E-state index in [9.17, 15) is 9.59 Å². The number of para-hydroxylation sites is 1. The minimum Gasteiger partial charge on any atom is -0.492 e. The van der Waals surface area contributed by atoms with Crippen LogP contribution in [-0.2, 0) is 11.2 Å². The van der Waals surface area contributed by atoms with Gasteiger partial charge >= 0.3 is 0 Å². The van der Waals surface area contributed by atoms with Crippen LogP contribution in [-0.4, -0.2) is 30.1 Å². The molecular formula is C26H27N3O4S.